The second-order valence-corrected chi connectivity index (χ2v) is 9.62. The molecule has 2 atom stereocenters. The largest absolute Gasteiger partial charge is 0.461 e. The molecule has 0 saturated carbocycles. The number of carbonyl (C=O) groups excluding carboxylic acids is 3. The van der Waals surface area contributed by atoms with E-state index < -0.39 is 0 Å². The number of anilines is 1. The van der Waals surface area contributed by atoms with E-state index in [-0.39, 0.29) is 29.6 Å². The van der Waals surface area contributed by atoms with E-state index in [0.29, 0.717) is 30.6 Å². The molecule has 0 spiro atoms. The van der Waals surface area contributed by atoms with Crippen molar-refractivity contribution in [2.75, 3.05) is 12.1 Å². The van der Waals surface area contributed by atoms with Gasteiger partial charge in [0, 0.05) is 36.5 Å². The predicted octanol–water partition coefficient (Wildman–Crippen LogP) is 5.01. The van der Waals surface area contributed by atoms with Gasteiger partial charge in [-0.2, -0.15) is 0 Å². The quantitative estimate of drug-likeness (QED) is 0.477. The van der Waals surface area contributed by atoms with Gasteiger partial charge in [-0.15, -0.1) is 0 Å². The van der Waals surface area contributed by atoms with Crippen LogP contribution >= 0.6 is 0 Å². The highest BCUT2D eigenvalue weighted by Gasteiger charge is 2.42. The lowest BCUT2D eigenvalue weighted by Crippen LogP contribution is -2.59. The molecule has 1 saturated heterocycles. The van der Waals surface area contributed by atoms with Crippen molar-refractivity contribution in [1.82, 2.24) is 10.3 Å². The molecule has 7 heteroatoms. The van der Waals surface area contributed by atoms with Crippen molar-refractivity contribution in [2.24, 2.45) is 11.8 Å². The number of carbonyl (C=O) groups is 3. The van der Waals surface area contributed by atoms with E-state index in [2.05, 4.69) is 12.3 Å². The van der Waals surface area contributed by atoms with Crippen molar-refractivity contribution in [1.29, 1.82) is 0 Å². The number of hydrogen-bond acceptors (Lipinski definition) is 4. The van der Waals surface area contributed by atoms with Crippen LogP contribution in [0.3, 0.4) is 0 Å². The van der Waals surface area contributed by atoms with Crippen LogP contribution in [0.4, 0.5) is 5.69 Å². The van der Waals surface area contributed by atoms with Crippen LogP contribution in [-0.4, -0.2) is 29.7 Å². The van der Waals surface area contributed by atoms with Crippen LogP contribution in [0.2, 0.25) is 0 Å². The van der Waals surface area contributed by atoms with Gasteiger partial charge in [0.25, 0.3) is 5.91 Å². The maximum atomic E-state index is 13.4. The van der Waals surface area contributed by atoms with Gasteiger partial charge < -0.3 is 9.32 Å². The number of unbranched alkanes of at least 4 members (excludes halogenated alkanes) is 1. The fourth-order valence-electron chi connectivity index (χ4n) is 5.15. The Bertz CT molecular complexity index is 1340. The van der Waals surface area contributed by atoms with Gasteiger partial charge in [0.05, 0.1) is 17.5 Å². The number of furan rings is 1. The van der Waals surface area contributed by atoms with Crippen molar-refractivity contribution in [2.45, 2.75) is 45.6 Å². The zero-order valence-electron chi connectivity index (χ0n) is 20.7. The van der Waals surface area contributed by atoms with E-state index >= 15 is 0 Å². The molecule has 2 heterocycles. The molecule has 1 fully saturated rings. The first-order chi connectivity index (χ1) is 17.5. The van der Waals surface area contributed by atoms with Crippen LogP contribution in [-0.2, 0) is 22.6 Å². The summed E-state index contributed by atoms with van der Waals surface area (Å²) in [4.78, 5) is 40.9. The number of allylic oxidation sites excluding steroid dienone is 2. The summed E-state index contributed by atoms with van der Waals surface area (Å²) >= 11 is 0. The van der Waals surface area contributed by atoms with Crippen molar-refractivity contribution in [3.8, 4) is 0 Å². The minimum absolute atomic E-state index is 0.146. The second-order valence-electron chi connectivity index (χ2n) is 9.62. The normalized spacial score (nSPS) is 19.3. The lowest BCUT2D eigenvalue weighted by molar-refractivity contribution is -0.139. The molecule has 36 heavy (non-hydrogen) atoms. The first-order valence-corrected chi connectivity index (χ1v) is 12.6. The van der Waals surface area contributed by atoms with Crippen LogP contribution in [0.5, 0.6) is 0 Å². The molecule has 0 bridgehead atoms. The summed E-state index contributed by atoms with van der Waals surface area (Å²) in [5, 5.41) is 2.32. The van der Waals surface area contributed by atoms with Crippen LogP contribution in [0.15, 0.2) is 65.1 Å². The summed E-state index contributed by atoms with van der Waals surface area (Å²) in [6.07, 6.45) is 7.93. The molecule has 3 amide bonds. The summed E-state index contributed by atoms with van der Waals surface area (Å²) in [7, 11) is 1.77. The molecule has 1 aromatic heterocycles. The van der Waals surface area contributed by atoms with Gasteiger partial charge in [-0.3, -0.25) is 19.8 Å². The molecule has 0 radical (unpaired) electrons. The molecular formula is C29H31N3O4. The van der Waals surface area contributed by atoms with Crippen LogP contribution in [0.1, 0.15) is 54.3 Å². The van der Waals surface area contributed by atoms with E-state index in [1.807, 2.05) is 36.4 Å². The minimum Gasteiger partial charge on any atom is -0.461 e. The third kappa shape index (κ3) is 4.41. The number of nitrogens with one attached hydrogen (secondary N) is 1. The number of rotatable bonds is 7. The number of hydrogen-bond donors (Lipinski definition) is 1. The maximum absolute atomic E-state index is 13.4. The monoisotopic (exact) mass is 485 g/mol. The van der Waals surface area contributed by atoms with Crippen molar-refractivity contribution < 1.29 is 18.8 Å². The zero-order valence-corrected chi connectivity index (χ0v) is 20.7. The van der Waals surface area contributed by atoms with E-state index in [0.717, 1.165) is 41.6 Å². The standard InChI is InChI=1S/C29H31N3O4/c1-3-4-15-26-24(21-12-7-8-16-25(21)36-26)18-31(2)28(34)19-10-9-11-20(17-19)32-29(35)23-14-6-5-13-22(23)27(33)30-32/h5-12,16-17,22-23H,3-4,13-15,18H2,1-2H3,(H,30,33). The summed E-state index contributed by atoms with van der Waals surface area (Å²) in [5.74, 6) is -0.262. The first-order valence-electron chi connectivity index (χ1n) is 12.6. The number of aryl methyl sites for hydroxylation is 1. The molecule has 1 aliphatic carbocycles. The Labute approximate surface area is 210 Å². The van der Waals surface area contributed by atoms with Gasteiger partial charge in [-0.05, 0) is 43.5 Å². The van der Waals surface area contributed by atoms with Gasteiger partial charge in [-0.25, -0.2) is 5.01 Å². The smallest absolute Gasteiger partial charge is 0.253 e. The van der Waals surface area contributed by atoms with Gasteiger partial charge >= 0.3 is 0 Å². The third-order valence-electron chi connectivity index (χ3n) is 7.16. The summed E-state index contributed by atoms with van der Waals surface area (Å²) in [5.41, 5.74) is 5.53. The topological polar surface area (TPSA) is 82.9 Å². The average molecular weight is 486 g/mol. The van der Waals surface area contributed by atoms with Crippen LogP contribution in [0.25, 0.3) is 11.0 Å². The zero-order chi connectivity index (χ0) is 25.2. The van der Waals surface area contributed by atoms with Crippen LogP contribution in [0, 0.1) is 11.8 Å². The van der Waals surface area contributed by atoms with E-state index in [1.165, 1.54) is 5.01 Å². The summed E-state index contributed by atoms with van der Waals surface area (Å²) in [6, 6.07) is 14.8. The fourth-order valence-corrected chi connectivity index (χ4v) is 5.15. The number of amides is 3. The Balaban J connectivity index is 1.37. The Kier molecular flexibility index (Phi) is 6.63. The Morgan fingerprint density at radius 1 is 1.08 bits per heavy atom. The number of benzene rings is 2. The van der Waals surface area contributed by atoms with Crippen molar-refractivity contribution >= 4 is 34.4 Å². The van der Waals surface area contributed by atoms with Gasteiger partial charge in [0.2, 0.25) is 11.8 Å². The van der Waals surface area contributed by atoms with Gasteiger partial charge in [-0.1, -0.05) is 49.8 Å². The molecular weight excluding hydrogens is 454 g/mol. The average Bonchev–Trinajstić information content (AvgIpc) is 3.26. The van der Waals surface area contributed by atoms with Gasteiger partial charge in [0.1, 0.15) is 11.3 Å². The van der Waals surface area contributed by atoms with Gasteiger partial charge in [0.15, 0.2) is 0 Å². The fraction of sp³-hybridized carbons (Fsp3) is 0.345. The lowest BCUT2D eigenvalue weighted by atomic mass is 9.80. The number of nitrogens with zero attached hydrogens (tertiary/aromatic N) is 2. The van der Waals surface area contributed by atoms with Crippen molar-refractivity contribution in [3.05, 3.63) is 77.6 Å². The van der Waals surface area contributed by atoms with Crippen LogP contribution < -0.4 is 10.4 Å². The Morgan fingerprint density at radius 3 is 2.67 bits per heavy atom. The lowest BCUT2D eigenvalue weighted by Gasteiger charge is -2.38. The molecule has 1 aliphatic heterocycles. The second kappa shape index (κ2) is 10.0. The SMILES string of the molecule is CCCCc1oc2ccccc2c1CN(C)C(=O)c1cccc(N2NC(=O)C3CC=CCC3C2=O)c1. The molecule has 7 nitrogen and oxygen atoms in total. The Hall–Kier alpha value is -3.87. The highest BCUT2D eigenvalue weighted by Crippen LogP contribution is 2.33. The molecule has 186 valence electrons. The molecule has 2 aromatic carbocycles. The molecule has 2 unspecified atom stereocenters. The highest BCUT2D eigenvalue weighted by atomic mass is 16.3. The summed E-state index contributed by atoms with van der Waals surface area (Å²) < 4.78 is 6.12. The van der Waals surface area contributed by atoms with E-state index in [4.69, 9.17) is 4.42 Å². The Morgan fingerprint density at radius 2 is 1.86 bits per heavy atom. The number of para-hydroxylation sites is 1. The number of hydrazine groups is 1. The number of fused-ring (bicyclic) bond motifs is 2. The molecule has 3 aromatic rings. The third-order valence-corrected chi connectivity index (χ3v) is 7.16. The molecule has 2 aliphatic rings. The summed E-state index contributed by atoms with van der Waals surface area (Å²) in [6.45, 7) is 2.56. The molecule has 5 rings (SSSR count). The van der Waals surface area contributed by atoms with Crippen molar-refractivity contribution in [3.63, 3.8) is 0 Å². The molecule has 1 N–H and O–H groups in total. The highest BCUT2D eigenvalue weighted by molar-refractivity contribution is 6.05. The van der Waals surface area contributed by atoms with E-state index in [1.54, 1.807) is 36.2 Å². The predicted molar refractivity (Wildman–Crippen MR) is 138 cm³/mol. The first kappa shape index (κ1) is 23.9. The van der Waals surface area contributed by atoms with E-state index in [9.17, 15) is 14.4 Å². The minimum atomic E-state index is -0.373. The maximum Gasteiger partial charge on any atom is 0.253 e.